The van der Waals surface area contributed by atoms with E-state index < -0.39 is 11.6 Å². The molecule has 206 valence electrons. The SMILES string of the molecule is CC(C)N1CCOc2c(F)cc(-c3c(F)cnc(Cc4ccc5oc(NCC(=O)N(C)C)nc5c4)c3C#N)cc21. The van der Waals surface area contributed by atoms with Gasteiger partial charge in [-0.25, -0.2) is 8.78 Å². The van der Waals surface area contributed by atoms with E-state index in [2.05, 4.69) is 21.4 Å². The zero-order valence-electron chi connectivity index (χ0n) is 22.6. The Morgan fingerprint density at radius 2 is 2.02 bits per heavy atom. The van der Waals surface area contributed by atoms with Gasteiger partial charge in [0.15, 0.2) is 23.0 Å². The normalized spacial score (nSPS) is 12.7. The van der Waals surface area contributed by atoms with Gasteiger partial charge < -0.3 is 24.3 Å². The van der Waals surface area contributed by atoms with Crippen LogP contribution in [-0.2, 0) is 11.2 Å². The first-order valence-electron chi connectivity index (χ1n) is 12.8. The second-order valence-electron chi connectivity index (χ2n) is 10.00. The number of hydrogen-bond donors (Lipinski definition) is 1. The number of amides is 1. The summed E-state index contributed by atoms with van der Waals surface area (Å²) in [7, 11) is 3.31. The largest absolute Gasteiger partial charge is 0.486 e. The second kappa shape index (κ2) is 10.8. The predicted molar refractivity (Wildman–Crippen MR) is 146 cm³/mol. The molecule has 0 atom stereocenters. The van der Waals surface area contributed by atoms with Crippen LogP contribution in [0.2, 0.25) is 0 Å². The van der Waals surface area contributed by atoms with Crippen molar-refractivity contribution in [3.8, 4) is 22.9 Å². The molecule has 5 rings (SSSR count). The first kappa shape index (κ1) is 26.9. The molecule has 1 amide bonds. The van der Waals surface area contributed by atoms with Gasteiger partial charge in [-0.3, -0.25) is 9.78 Å². The van der Waals surface area contributed by atoms with Crippen LogP contribution in [-0.4, -0.2) is 60.6 Å². The number of nitrogens with one attached hydrogen (secondary N) is 1. The van der Waals surface area contributed by atoms with Gasteiger partial charge in [0.2, 0.25) is 5.91 Å². The summed E-state index contributed by atoms with van der Waals surface area (Å²) in [4.78, 5) is 23.9. The van der Waals surface area contributed by atoms with E-state index >= 15 is 8.78 Å². The van der Waals surface area contributed by atoms with E-state index in [4.69, 9.17) is 9.15 Å². The van der Waals surface area contributed by atoms with E-state index in [1.54, 1.807) is 38.4 Å². The molecule has 1 aliphatic heterocycles. The van der Waals surface area contributed by atoms with Crippen LogP contribution >= 0.6 is 0 Å². The molecule has 40 heavy (non-hydrogen) atoms. The van der Waals surface area contributed by atoms with Crippen LogP contribution in [0.15, 0.2) is 40.9 Å². The van der Waals surface area contributed by atoms with Crippen molar-refractivity contribution in [1.29, 1.82) is 5.26 Å². The molecule has 0 fully saturated rings. The van der Waals surface area contributed by atoms with Gasteiger partial charge in [-0.2, -0.15) is 10.2 Å². The average Bonchev–Trinajstić information content (AvgIpc) is 3.34. The molecule has 0 radical (unpaired) electrons. The maximum absolute atomic E-state index is 15.2. The van der Waals surface area contributed by atoms with E-state index in [-0.39, 0.29) is 53.4 Å². The molecule has 0 saturated heterocycles. The molecule has 9 nitrogen and oxygen atoms in total. The van der Waals surface area contributed by atoms with Crippen LogP contribution in [0.4, 0.5) is 20.5 Å². The Morgan fingerprint density at radius 1 is 1.23 bits per heavy atom. The molecule has 0 saturated carbocycles. The van der Waals surface area contributed by atoms with Crippen molar-refractivity contribution < 1.29 is 22.7 Å². The third kappa shape index (κ3) is 5.12. The smallest absolute Gasteiger partial charge is 0.296 e. The van der Waals surface area contributed by atoms with Crippen molar-refractivity contribution in [3.63, 3.8) is 0 Å². The van der Waals surface area contributed by atoms with Gasteiger partial charge in [0.05, 0.1) is 36.2 Å². The molecule has 0 unspecified atom stereocenters. The number of anilines is 2. The van der Waals surface area contributed by atoms with Crippen molar-refractivity contribution in [2.24, 2.45) is 0 Å². The fraction of sp³-hybridized carbons (Fsp3) is 0.310. The van der Waals surface area contributed by atoms with Crippen LogP contribution < -0.4 is 15.0 Å². The van der Waals surface area contributed by atoms with Crippen LogP contribution in [0, 0.1) is 23.0 Å². The first-order chi connectivity index (χ1) is 19.2. The number of fused-ring (bicyclic) bond motifs is 2. The molecule has 0 aliphatic carbocycles. The number of oxazole rings is 1. The fourth-order valence-electron chi connectivity index (χ4n) is 4.71. The molecule has 3 heterocycles. The predicted octanol–water partition coefficient (Wildman–Crippen LogP) is 4.74. The number of hydrogen-bond acceptors (Lipinski definition) is 8. The van der Waals surface area contributed by atoms with Gasteiger partial charge in [-0.05, 0) is 49.2 Å². The Hall–Kier alpha value is -4.72. The summed E-state index contributed by atoms with van der Waals surface area (Å²) < 4.78 is 41.6. The molecule has 1 aliphatic rings. The lowest BCUT2D eigenvalue weighted by Crippen LogP contribution is -2.38. The van der Waals surface area contributed by atoms with Gasteiger partial charge in [0.1, 0.15) is 18.2 Å². The third-order valence-corrected chi connectivity index (χ3v) is 6.76. The maximum atomic E-state index is 15.2. The summed E-state index contributed by atoms with van der Waals surface area (Å²) in [5.41, 5.74) is 2.93. The number of ether oxygens (including phenoxy) is 1. The van der Waals surface area contributed by atoms with Crippen LogP contribution in [0.25, 0.3) is 22.2 Å². The van der Waals surface area contributed by atoms with E-state index in [1.165, 1.54) is 11.0 Å². The fourth-order valence-corrected chi connectivity index (χ4v) is 4.71. The Balaban J connectivity index is 1.48. The number of rotatable bonds is 7. The minimum Gasteiger partial charge on any atom is -0.486 e. The lowest BCUT2D eigenvalue weighted by molar-refractivity contribution is -0.126. The minimum absolute atomic E-state index is 0.0111. The summed E-state index contributed by atoms with van der Waals surface area (Å²) in [5.74, 6) is -1.35. The maximum Gasteiger partial charge on any atom is 0.296 e. The summed E-state index contributed by atoms with van der Waals surface area (Å²) >= 11 is 0. The Bertz CT molecular complexity index is 1640. The molecular weight excluding hydrogens is 518 g/mol. The molecular formula is C29H28F2N6O3. The third-order valence-electron chi connectivity index (χ3n) is 6.76. The number of halogens is 2. The highest BCUT2D eigenvalue weighted by molar-refractivity contribution is 5.81. The van der Waals surface area contributed by atoms with Crippen molar-refractivity contribution in [2.45, 2.75) is 26.3 Å². The molecule has 4 aromatic rings. The molecule has 0 spiro atoms. The molecule has 11 heteroatoms. The van der Waals surface area contributed by atoms with E-state index in [9.17, 15) is 10.1 Å². The van der Waals surface area contributed by atoms with Crippen molar-refractivity contribution >= 4 is 28.7 Å². The minimum atomic E-state index is -0.720. The lowest BCUT2D eigenvalue weighted by Gasteiger charge is -2.35. The number of aromatic nitrogens is 2. The highest BCUT2D eigenvalue weighted by Gasteiger charge is 2.27. The van der Waals surface area contributed by atoms with Crippen LogP contribution in [0.1, 0.15) is 30.7 Å². The summed E-state index contributed by atoms with van der Waals surface area (Å²) in [6.45, 7) is 4.92. The number of carbonyl (C=O) groups is 1. The number of nitrogens with zero attached hydrogens (tertiary/aromatic N) is 5. The first-order valence-corrected chi connectivity index (χ1v) is 12.8. The van der Waals surface area contributed by atoms with Gasteiger partial charge in [0, 0.05) is 32.1 Å². The Morgan fingerprint density at radius 3 is 2.75 bits per heavy atom. The Kier molecular flexibility index (Phi) is 7.26. The van der Waals surface area contributed by atoms with Gasteiger partial charge in [0.25, 0.3) is 6.01 Å². The number of carbonyl (C=O) groups excluding carboxylic acids is 1. The molecule has 1 N–H and O–H groups in total. The molecule has 2 aromatic carbocycles. The number of nitriles is 1. The standard InChI is InChI=1S/C29H28F2N6O3/c1-16(2)37-7-8-39-28-20(30)11-18(12-24(28)37)27-19(13-32)22(33-14-21(27)31)9-17-5-6-25-23(10-17)35-29(40-25)34-15-26(38)36(3)4/h5-6,10-12,14,16H,7-9,15H2,1-4H3,(H,34,35). The highest BCUT2D eigenvalue weighted by atomic mass is 19.1. The van der Waals surface area contributed by atoms with Crippen molar-refractivity contribution in [3.05, 3.63) is 65.0 Å². The summed E-state index contributed by atoms with van der Waals surface area (Å²) in [6, 6.07) is 10.5. The van der Waals surface area contributed by atoms with Crippen molar-refractivity contribution in [2.75, 3.05) is 44.0 Å². The highest BCUT2D eigenvalue weighted by Crippen LogP contribution is 2.41. The van der Waals surface area contributed by atoms with Gasteiger partial charge >= 0.3 is 0 Å². The topological polar surface area (TPSA) is 108 Å². The van der Waals surface area contributed by atoms with Crippen molar-refractivity contribution in [1.82, 2.24) is 14.9 Å². The second-order valence-corrected chi connectivity index (χ2v) is 10.00. The Labute approximate surface area is 230 Å². The lowest BCUT2D eigenvalue weighted by atomic mass is 9.95. The zero-order valence-corrected chi connectivity index (χ0v) is 22.6. The van der Waals surface area contributed by atoms with Crippen LogP contribution in [0.3, 0.4) is 0 Å². The monoisotopic (exact) mass is 546 g/mol. The van der Waals surface area contributed by atoms with E-state index in [0.29, 0.717) is 35.6 Å². The van der Waals surface area contributed by atoms with Crippen LogP contribution in [0.5, 0.6) is 5.75 Å². The summed E-state index contributed by atoms with van der Waals surface area (Å²) in [6.07, 6.45) is 1.26. The quantitative estimate of drug-likeness (QED) is 0.354. The zero-order chi connectivity index (χ0) is 28.6. The van der Waals surface area contributed by atoms with E-state index in [1.807, 2.05) is 18.7 Å². The molecule has 0 bridgehead atoms. The van der Waals surface area contributed by atoms with Gasteiger partial charge in [-0.15, -0.1) is 0 Å². The van der Waals surface area contributed by atoms with Gasteiger partial charge in [-0.1, -0.05) is 6.07 Å². The van der Waals surface area contributed by atoms with E-state index in [0.717, 1.165) is 11.8 Å². The number of pyridine rings is 1. The number of benzene rings is 2. The summed E-state index contributed by atoms with van der Waals surface area (Å²) in [5, 5.41) is 12.9. The molecule has 2 aromatic heterocycles. The average molecular weight is 547 g/mol. The number of likely N-dealkylation sites (N-methyl/N-ethyl adjacent to an activating group) is 1.